The smallest absolute Gasteiger partial charge is 0.230 e. The second-order valence-electron chi connectivity index (χ2n) is 5.51. The number of amides is 1. The van der Waals surface area contributed by atoms with Gasteiger partial charge in [0.25, 0.3) is 0 Å². The van der Waals surface area contributed by atoms with Gasteiger partial charge in [0.2, 0.25) is 5.91 Å². The third kappa shape index (κ3) is 3.32. The maximum absolute atomic E-state index is 12.4. The van der Waals surface area contributed by atoms with Gasteiger partial charge in [0.1, 0.15) is 0 Å². The number of ether oxygens (including phenoxy) is 1. The largest absolute Gasteiger partial charge is 0.377 e. The van der Waals surface area contributed by atoms with Crippen molar-refractivity contribution in [1.82, 2.24) is 4.98 Å². The van der Waals surface area contributed by atoms with Crippen LogP contribution >= 0.6 is 0 Å². The lowest BCUT2D eigenvalue weighted by atomic mass is 9.86. The topological polar surface area (TPSA) is 51.2 Å². The average Bonchev–Trinajstić information content (AvgIpc) is 2.41. The monoisotopic (exact) mass is 262 g/mol. The number of anilines is 1. The molecule has 0 saturated carbocycles. The summed E-state index contributed by atoms with van der Waals surface area (Å²) in [7, 11) is 0. The maximum Gasteiger partial charge on any atom is 0.230 e. The summed E-state index contributed by atoms with van der Waals surface area (Å²) in [4.78, 5) is 16.5. The number of pyridine rings is 1. The molecule has 1 saturated heterocycles. The molecule has 0 radical (unpaired) electrons. The average molecular weight is 262 g/mol. The van der Waals surface area contributed by atoms with Crippen LogP contribution in [0.5, 0.6) is 0 Å². The minimum atomic E-state index is -0.0617. The summed E-state index contributed by atoms with van der Waals surface area (Å²) in [5.41, 5.74) is 1.82. The first-order chi connectivity index (χ1) is 9.09. The molecule has 1 aliphatic rings. The Labute approximate surface area is 114 Å². The number of carbonyl (C=O) groups is 1. The molecule has 19 heavy (non-hydrogen) atoms. The van der Waals surface area contributed by atoms with Crippen LogP contribution in [0.4, 0.5) is 5.69 Å². The Morgan fingerprint density at radius 3 is 3.00 bits per heavy atom. The van der Waals surface area contributed by atoms with Gasteiger partial charge in [-0.2, -0.15) is 0 Å². The highest BCUT2D eigenvalue weighted by Crippen LogP contribution is 2.27. The van der Waals surface area contributed by atoms with E-state index in [4.69, 9.17) is 4.74 Å². The molecule has 0 aromatic carbocycles. The van der Waals surface area contributed by atoms with Crippen molar-refractivity contribution in [2.75, 3.05) is 11.9 Å². The van der Waals surface area contributed by atoms with Gasteiger partial charge in [0, 0.05) is 12.8 Å². The van der Waals surface area contributed by atoms with Gasteiger partial charge < -0.3 is 10.1 Å². The standard InChI is InChI=1S/C15H22N2O2/c1-10(2)14-12(5-4-8-19-14)15(18)17-13-9-16-7-6-11(13)3/h6-7,9-10,12,14H,4-5,8H2,1-3H3,(H,17,18)/t12-,14-/m0/s1. The van der Waals surface area contributed by atoms with E-state index >= 15 is 0 Å². The summed E-state index contributed by atoms with van der Waals surface area (Å²) in [5.74, 6) is 0.342. The van der Waals surface area contributed by atoms with E-state index < -0.39 is 0 Å². The predicted octanol–water partition coefficient (Wildman–Crippen LogP) is 2.78. The van der Waals surface area contributed by atoms with Crippen LogP contribution in [-0.4, -0.2) is 23.6 Å². The van der Waals surface area contributed by atoms with Gasteiger partial charge in [-0.25, -0.2) is 0 Å². The lowest BCUT2D eigenvalue weighted by Gasteiger charge is -2.33. The number of carbonyl (C=O) groups excluding carboxylic acids is 1. The van der Waals surface area contributed by atoms with Gasteiger partial charge in [-0.1, -0.05) is 13.8 Å². The van der Waals surface area contributed by atoms with E-state index in [0.29, 0.717) is 5.92 Å². The van der Waals surface area contributed by atoms with Crippen LogP contribution in [-0.2, 0) is 9.53 Å². The van der Waals surface area contributed by atoms with Crippen LogP contribution < -0.4 is 5.32 Å². The van der Waals surface area contributed by atoms with Crippen molar-refractivity contribution in [1.29, 1.82) is 0 Å². The summed E-state index contributed by atoms with van der Waals surface area (Å²) in [6, 6.07) is 1.90. The summed E-state index contributed by atoms with van der Waals surface area (Å²) in [6.07, 6.45) is 5.29. The van der Waals surface area contributed by atoms with Crippen molar-refractivity contribution >= 4 is 11.6 Å². The first-order valence-corrected chi connectivity index (χ1v) is 6.92. The van der Waals surface area contributed by atoms with Crippen molar-refractivity contribution in [3.63, 3.8) is 0 Å². The predicted molar refractivity (Wildman–Crippen MR) is 74.9 cm³/mol. The maximum atomic E-state index is 12.4. The minimum absolute atomic E-state index is 0.0192. The number of nitrogens with zero attached hydrogens (tertiary/aromatic N) is 1. The van der Waals surface area contributed by atoms with Crippen LogP contribution in [0.2, 0.25) is 0 Å². The Balaban J connectivity index is 2.08. The second-order valence-corrected chi connectivity index (χ2v) is 5.51. The highest BCUT2D eigenvalue weighted by Gasteiger charge is 2.33. The van der Waals surface area contributed by atoms with Crippen LogP contribution in [0.1, 0.15) is 32.3 Å². The molecule has 2 rings (SSSR count). The molecular formula is C15H22N2O2. The molecule has 4 heteroatoms. The van der Waals surface area contributed by atoms with Gasteiger partial charge in [-0.05, 0) is 37.3 Å². The Kier molecular flexibility index (Phi) is 4.53. The molecule has 104 valence electrons. The van der Waals surface area contributed by atoms with Crippen molar-refractivity contribution in [2.45, 2.75) is 39.7 Å². The molecule has 2 heterocycles. The van der Waals surface area contributed by atoms with Gasteiger partial charge in [-0.3, -0.25) is 9.78 Å². The quantitative estimate of drug-likeness (QED) is 0.911. The van der Waals surface area contributed by atoms with Crippen LogP contribution in [0.3, 0.4) is 0 Å². The van der Waals surface area contributed by atoms with Gasteiger partial charge in [0.15, 0.2) is 0 Å². The molecule has 0 unspecified atom stereocenters. The number of rotatable bonds is 3. The highest BCUT2D eigenvalue weighted by atomic mass is 16.5. The number of aromatic nitrogens is 1. The van der Waals surface area contributed by atoms with E-state index in [1.807, 2.05) is 13.0 Å². The summed E-state index contributed by atoms with van der Waals surface area (Å²) < 4.78 is 5.76. The third-order valence-electron chi connectivity index (χ3n) is 3.66. The van der Waals surface area contributed by atoms with Crippen molar-refractivity contribution in [3.8, 4) is 0 Å². The minimum Gasteiger partial charge on any atom is -0.377 e. The zero-order valence-corrected chi connectivity index (χ0v) is 11.8. The fraction of sp³-hybridized carbons (Fsp3) is 0.600. The molecule has 0 bridgehead atoms. The van der Waals surface area contributed by atoms with E-state index in [2.05, 4.69) is 24.1 Å². The van der Waals surface area contributed by atoms with Crippen molar-refractivity contribution in [2.24, 2.45) is 11.8 Å². The summed E-state index contributed by atoms with van der Waals surface area (Å²) >= 11 is 0. The van der Waals surface area contributed by atoms with Gasteiger partial charge in [-0.15, -0.1) is 0 Å². The highest BCUT2D eigenvalue weighted by molar-refractivity contribution is 5.93. The number of nitrogens with one attached hydrogen (secondary N) is 1. The fourth-order valence-electron chi connectivity index (χ4n) is 2.56. The molecule has 1 N–H and O–H groups in total. The zero-order valence-electron chi connectivity index (χ0n) is 11.8. The molecule has 1 amide bonds. The summed E-state index contributed by atoms with van der Waals surface area (Å²) in [5, 5.41) is 2.98. The van der Waals surface area contributed by atoms with Crippen molar-refractivity contribution < 1.29 is 9.53 Å². The lowest BCUT2D eigenvalue weighted by molar-refractivity contribution is -0.131. The second kappa shape index (κ2) is 6.15. The normalized spacial score (nSPS) is 23.4. The van der Waals surface area contributed by atoms with Crippen LogP contribution in [0.15, 0.2) is 18.5 Å². The Morgan fingerprint density at radius 2 is 2.32 bits per heavy atom. The molecule has 4 nitrogen and oxygen atoms in total. The van der Waals surface area contributed by atoms with Crippen LogP contribution in [0.25, 0.3) is 0 Å². The van der Waals surface area contributed by atoms with E-state index in [-0.39, 0.29) is 17.9 Å². The van der Waals surface area contributed by atoms with Gasteiger partial charge >= 0.3 is 0 Å². The molecule has 0 spiro atoms. The van der Waals surface area contributed by atoms with E-state index in [1.165, 1.54) is 0 Å². The van der Waals surface area contributed by atoms with Crippen molar-refractivity contribution in [3.05, 3.63) is 24.0 Å². The number of hydrogen-bond acceptors (Lipinski definition) is 3. The molecule has 2 atom stereocenters. The lowest BCUT2D eigenvalue weighted by Crippen LogP contribution is -2.41. The van der Waals surface area contributed by atoms with E-state index in [9.17, 15) is 4.79 Å². The van der Waals surface area contributed by atoms with E-state index in [1.54, 1.807) is 12.4 Å². The number of hydrogen-bond donors (Lipinski definition) is 1. The van der Waals surface area contributed by atoms with E-state index in [0.717, 1.165) is 30.7 Å². The molecular weight excluding hydrogens is 240 g/mol. The molecule has 1 aliphatic heterocycles. The Bertz CT molecular complexity index is 446. The van der Waals surface area contributed by atoms with Gasteiger partial charge in [0.05, 0.1) is 23.9 Å². The SMILES string of the molecule is Cc1ccncc1NC(=O)[C@H]1CCCO[C@H]1C(C)C. The Hall–Kier alpha value is -1.42. The molecule has 1 fully saturated rings. The zero-order chi connectivity index (χ0) is 13.8. The third-order valence-corrected chi connectivity index (χ3v) is 3.66. The fourth-order valence-corrected chi connectivity index (χ4v) is 2.56. The molecule has 0 aliphatic carbocycles. The molecule has 1 aromatic rings. The molecule has 1 aromatic heterocycles. The first-order valence-electron chi connectivity index (χ1n) is 6.92. The Morgan fingerprint density at radius 1 is 1.53 bits per heavy atom. The van der Waals surface area contributed by atoms with Crippen LogP contribution in [0, 0.1) is 18.8 Å². The number of aryl methyl sites for hydroxylation is 1. The summed E-state index contributed by atoms with van der Waals surface area (Å²) in [6.45, 7) is 6.93. The first kappa shape index (κ1) is 14.0.